The van der Waals surface area contributed by atoms with E-state index in [1.54, 1.807) is 5.56 Å². The summed E-state index contributed by atoms with van der Waals surface area (Å²) in [4.78, 5) is 0. The Morgan fingerprint density at radius 1 is 1.12 bits per heavy atom. The first-order chi connectivity index (χ1) is 7.90. The highest BCUT2D eigenvalue weighted by atomic mass is 14.8. The molecule has 0 aromatic heterocycles. The van der Waals surface area contributed by atoms with E-state index in [1.807, 2.05) is 7.05 Å². The number of nitrogens with one attached hydrogen (secondary N) is 1. The van der Waals surface area contributed by atoms with Crippen molar-refractivity contribution in [2.24, 2.45) is 5.92 Å². The summed E-state index contributed by atoms with van der Waals surface area (Å²) in [5.74, 6) is 1.62. The van der Waals surface area contributed by atoms with Gasteiger partial charge < -0.3 is 5.32 Å². The van der Waals surface area contributed by atoms with Gasteiger partial charge in [-0.3, -0.25) is 0 Å². The number of benzene rings is 2. The first-order valence-electron chi connectivity index (χ1n) is 6.02. The van der Waals surface area contributed by atoms with Gasteiger partial charge in [0.15, 0.2) is 0 Å². The molecular weight excluding hydrogens is 194 g/mol. The number of hydrogen-bond donors (Lipinski definition) is 1. The molecule has 0 heterocycles. The predicted molar refractivity (Wildman–Crippen MR) is 68.7 cm³/mol. The van der Waals surface area contributed by atoms with E-state index in [4.69, 9.17) is 0 Å². The van der Waals surface area contributed by atoms with Gasteiger partial charge >= 0.3 is 0 Å². The van der Waals surface area contributed by atoms with E-state index in [0.29, 0.717) is 0 Å². The Balaban J connectivity index is 1.99. The minimum absolute atomic E-state index is 0.776. The molecule has 0 amide bonds. The third kappa shape index (κ3) is 1.61. The highest BCUT2D eigenvalue weighted by Gasteiger charge is 2.38. The predicted octanol–water partition coefficient (Wildman–Crippen LogP) is 3.16. The molecule has 16 heavy (non-hydrogen) atoms. The molecule has 1 aliphatic carbocycles. The van der Waals surface area contributed by atoms with Crippen LogP contribution in [0.2, 0.25) is 0 Å². The fourth-order valence-corrected chi connectivity index (χ4v) is 2.69. The molecule has 1 heteroatoms. The second-order valence-electron chi connectivity index (χ2n) is 4.73. The quantitative estimate of drug-likeness (QED) is 0.822. The summed E-state index contributed by atoms with van der Waals surface area (Å²) in [5, 5.41) is 6.09. The Bertz CT molecular complexity index is 498. The van der Waals surface area contributed by atoms with Crippen molar-refractivity contribution in [1.82, 2.24) is 5.32 Å². The summed E-state index contributed by atoms with van der Waals surface area (Å²) in [6, 6.07) is 15.4. The Labute approximate surface area is 96.5 Å². The minimum atomic E-state index is 0.776. The Morgan fingerprint density at radius 2 is 1.94 bits per heavy atom. The van der Waals surface area contributed by atoms with Gasteiger partial charge in [0.2, 0.25) is 0 Å². The fraction of sp³-hybridized carbons (Fsp3) is 0.333. The molecule has 1 nitrogen and oxygen atoms in total. The molecule has 0 saturated heterocycles. The van der Waals surface area contributed by atoms with Gasteiger partial charge in [0.25, 0.3) is 0 Å². The molecule has 0 aliphatic heterocycles. The SMILES string of the molecule is CNC[C@H]1C[C@@H]1c1cccc2ccccc12. The Kier molecular flexibility index (Phi) is 2.41. The van der Waals surface area contributed by atoms with Crippen molar-refractivity contribution in [2.45, 2.75) is 12.3 Å². The van der Waals surface area contributed by atoms with Crippen molar-refractivity contribution < 1.29 is 0 Å². The van der Waals surface area contributed by atoms with Crippen LogP contribution in [0.4, 0.5) is 0 Å². The monoisotopic (exact) mass is 211 g/mol. The van der Waals surface area contributed by atoms with E-state index in [0.717, 1.165) is 18.4 Å². The maximum absolute atomic E-state index is 3.28. The van der Waals surface area contributed by atoms with Crippen molar-refractivity contribution in [2.75, 3.05) is 13.6 Å². The van der Waals surface area contributed by atoms with Crippen molar-refractivity contribution in [1.29, 1.82) is 0 Å². The average molecular weight is 211 g/mol. The van der Waals surface area contributed by atoms with Gasteiger partial charge in [0.1, 0.15) is 0 Å². The molecule has 1 N–H and O–H groups in total. The van der Waals surface area contributed by atoms with Crippen LogP contribution in [0.15, 0.2) is 42.5 Å². The van der Waals surface area contributed by atoms with Gasteiger partial charge in [-0.15, -0.1) is 0 Å². The van der Waals surface area contributed by atoms with Crippen LogP contribution in [0.3, 0.4) is 0 Å². The molecule has 0 spiro atoms. The van der Waals surface area contributed by atoms with Gasteiger partial charge in [-0.1, -0.05) is 42.5 Å². The zero-order valence-corrected chi connectivity index (χ0v) is 9.61. The molecule has 0 bridgehead atoms. The molecule has 82 valence electrons. The first kappa shape index (κ1) is 9.86. The first-order valence-corrected chi connectivity index (χ1v) is 6.02. The van der Waals surface area contributed by atoms with E-state index in [1.165, 1.54) is 17.2 Å². The van der Waals surface area contributed by atoms with Crippen molar-refractivity contribution >= 4 is 10.8 Å². The summed E-state index contributed by atoms with van der Waals surface area (Å²) >= 11 is 0. The van der Waals surface area contributed by atoms with Gasteiger partial charge in [-0.05, 0) is 48.2 Å². The summed E-state index contributed by atoms with van der Waals surface area (Å²) < 4.78 is 0. The second-order valence-corrected chi connectivity index (χ2v) is 4.73. The molecule has 3 rings (SSSR count). The van der Waals surface area contributed by atoms with Gasteiger partial charge in [-0.2, -0.15) is 0 Å². The van der Waals surface area contributed by atoms with Gasteiger partial charge in [0.05, 0.1) is 0 Å². The zero-order chi connectivity index (χ0) is 11.0. The third-order valence-electron chi connectivity index (χ3n) is 3.61. The van der Waals surface area contributed by atoms with E-state index in [9.17, 15) is 0 Å². The lowest BCUT2D eigenvalue weighted by Gasteiger charge is -2.05. The van der Waals surface area contributed by atoms with Crippen LogP contribution in [0.5, 0.6) is 0 Å². The molecule has 0 radical (unpaired) electrons. The highest BCUT2D eigenvalue weighted by molar-refractivity contribution is 5.86. The largest absolute Gasteiger partial charge is 0.319 e. The highest BCUT2D eigenvalue weighted by Crippen LogP contribution is 2.48. The lowest BCUT2D eigenvalue weighted by molar-refractivity contribution is 0.699. The molecule has 1 fully saturated rings. The van der Waals surface area contributed by atoms with Crippen LogP contribution in [0.1, 0.15) is 17.9 Å². The third-order valence-corrected chi connectivity index (χ3v) is 3.61. The number of hydrogen-bond acceptors (Lipinski definition) is 1. The topological polar surface area (TPSA) is 12.0 Å². The van der Waals surface area contributed by atoms with Crippen LogP contribution >= 0.6 is 0 Å². The summed E-state index contributed by atoms with van der Waals surface area (Å²) in [6.07, 6.45) is 1.34. The van der Waals surface area contributed by atoms with Crippen LogP contribution in [-0.4, -0.2) is 13.6 Å². The Hall–Kier alpha value is -1.34. The van der Waals surface area contributed by atoms with Crippen molar-refractivity contribution in [3.63, 3.8) is 0 Å². The smallest absolute Gasteiger partial charge is 0.00174 e. The summed E-state index contributed by atoms with van der Waals surface area (Å²) in [7, 11) is 2.04. The van der Waals surface area contributed by atoms with Crippen LogP contribution in [0, 0.1) is 5.92 Å². The van der Waals surface area contributed by atoms with Crippen LogP contribution in [-0.2, 0) is 0 Å². The molecule has 2 atom stereocenters. The zero-order valence-electron chi connectivity index (χ0n) is 9.61. The molecule has 2 aromatic rings. The average Bonchev–Trinajstić information content (AvgIpc) is 3.08. The lowest BCUT2D eigenvalue weighted by atomic mass is 10.0. The molecule has 2 aromatic carbocycles. The van der Waals surface area contributed by atoms with Crippen molar-refractivity contribution in [3.05, 3.63) is 48.0 Å². The van der Waals surface area contributed by atoms with Crippen LogP contribution in [0.25, 0.3) is 10.8 Å². The summed E-state index contributed by atoms with van der Waals surface area (Å²) in [5.41, 5.74) is 1.54. The van der Waals surface area contributed by atoms with E-state index in [-0.39, 0.29) is 0 Å². The maximum Gasteiger partial charge on any atom is -0.00174 e. The van der Waals surface area contributed by atoms with E-state index in [2.05, 4.69) is 47.8 Å². The lowest BCUT2D eigenvalue weighted by Crippen LogP contribution is -2.10. The second kappa shape index (κ2) is 3.91. The fourth-order valence-electron chi connectivity index (χ4n) is 2.69. The summed E-state index contributed by atoms with van der Waals surface area (Å²) in [6.45, 7) is 1.15. The standard InChI is InChI=1S/C15H17N/c1-16-10-12-9-15(12)14-8-4-6-11-5-2-3-7-13(11)14/h2-8,12,15-16H,9-10H2,1H3/t12-,15+/m1/s1. The molecular formula is C15H17N. The van der Waals surface area contributed by atoms with E-state index >= 15 is 0 Å². The Morgan fingerprint density at radius 3 is 2.81 bits per heavy atom. The van der Waals surface area contributed by atoms with E-state index < -0.39 is 0 Å². The number of rotatable bonds is 3. The van der Waals surface area contributed by atoms with Gasteiger partial charge in [0, 0.05) is 0 Å². The maximum atomic E-state index is 3.28. The molecule has 1 saturated carbocycles. The van der Waals surface area contributed by atoms with Crippen LogP contribution < -0.4 is 5.32 Å². The molecule has 1 aliphatic rings. The van der Waals surface area contributed by atoms with Gasteiger partial charge in [-0.25, -0.2) is 0 Å². The van der Waals surface area contributed by atoms with Crippen molar-refractivity contribution in [3.8, 4) is 0 Å². The minimum Gasteiger partial charge on any atom is -0.319 e. The molecule has 0 unspecified atom stereocenters. The number of fused-ring (bicyclic) bond motifs is 1. The normalized spacial score (nSPS) is 23.6.